The van der Waals surface area contributed by atoms with Gasteiger partial charge in [0, 0.05) is 17.9 Å². The summed E-state index contributed by atoms with van der Waals surface area (Å²) in [7, 11) is 0. The van der Waals surface area contributed by atoms with E-state index in [9.17, 15) is 0 Å². The Labute approximate surface area is 97.1 Å². The summed E-state index contributed by atoms with van der Waals surface area (Å²) in [5.41, 5.74) is 7.45. The first kappa shape index (κ1) is 13.7. The van der Waals surface area contributed by atoms with Crippen molar-refractivity contribution < 1.29 is 0 Å². The molecule has 0 aromatic carbocycles. The highest BCUT2D eigenvalue weighted by molar-refractivity contribution is 5.85. The molecule has 2 rings (SSSR count). The van der Waals surface area contributed by atoms with E-state index in [1.54, 1.807) is 0 Å². The van der Waals surface area contributed by atoms with Gasteiger partial charge in [0.05, 0.1) is 0 Å². The van der Waals surface area contributed by atoms with Crippen LogP contribution in [0.2, 0.25) is 0 Å². The monoisotopic (exact) mass is 234 g/mol. The normalized spacial score (nSPS) is 18.1. The Morgan fingerprint density at radius 2 is 1.57 bits per heavy atom. The van der Waals surface area contributed by atoms with Gasteiger partial charge in [0.1, 0.15) is 0 Å². The van der Waals surface area contributed by atoms with Crippen LogP contribution in [0, 0.1) is 0 Å². The molecule has 4 heteroatoms. The van der Waals surface area contributed by atoms with Crippen LogP contribution in [0.25, 0.3) is 0 Å². The Morgan fingerprint density at radius 3 is 2.07 bits per heavy atom. The second-order valence-corrected chi connectivity index (χ2v) is 3.60. The van der Waals surface area contributed by atoms with E-state index in [-0.39, 0.29) is 30.4 Å². The SMILES string of the molecule is Cl.Cl.NC1(c2ccncc2)CCCC1. The molecule has 1 fully saturated rings. The molecule has 0 amide bonds. The summed E-state index contributed by atoms with van der Waals surface area (Å²) < 4.78 is 0. The highest BCUT2D eigenvalue weighted by Gasteiger charge is 2.30. The van der Waals surface area contributed by atoms with Gasteiger partial charge in [0.15, 0.2) is 0 Å². The fourth-order valence-corrected chi connectivity index (χ4v) is 1.98. The predicted octanol–water partition coefficient (Wildman–Crippen LogP) is 2.65. The third-order valence-electron chi connectivity index (χ3n) is 2.75. The van der Waals surface area contributed by atoms with Gasteiger partial charge in [-0.1, -0.05) is 12.8 Å². The largest absolute Gasteiger partial charge is 0.321 e. The summed E-state index contributed by atoms with van der Waals surface area (Å²) in [6, 6.07) is 4.07. The van der Waals surface area contributed by atoms with Gasteiger partial charge in [-0.05, 0) is 30.5 Å². The lowest BCUT2D eigenvalue weighted by atomic mass is 9.90. The van der Waals surface area contributed by atoms with Crippen LogP contribution < -0.4 is 5.73 Å². The lowest BCUT2D eigenvalue weighted by molar-refractivity contribution is 0.461. The average Bonchev–Trinajstić information content (AvgIpc) is 2.55. The molecule has 0 bridgehead atoms. The predicted molar refractivity (Wildman–Crippen MR) is 63.1 cm³/mol. The zero-order chi connectivity index (χ0) is 8.44. The van der Waals surface area contributed by atoms with Crippen LogP contribution in [-0.4, -0.2) is 4.98 Å². The van der Waals surface area contributed by atoms with Crippen molar-refractivity contribution >= 4 is 24.8 Å². The quantitative estimate of drug-likeness (QED) is 0.812. The van der Waals surface area contributed by atoms with Crippen LogP contribution in [0.1, 0.15) is 31.2 Å². The topological polar surface area (TPSA) is 38.9 Å². The van der Waals surface area contributed by atoms with Gasteiger partial charge in [-0.2, -0.15) is 0 Å². The lowest BCUT2D eigenvalue weighted by Crippen LogP contribution is -2.32. The van der Waals surface area contributed by atoms with E-state index in [1.807, 2.05) is 24.5 Å². The van der Waals surface area contributed by atoms with E-state index >= 15 is 0 Å². The Hall–Kier alpha value is -0.310. The van der Waals surface area contributed by atoms with Crippen molar-refractivity contribution in [3.05, 3.63) is 30.1 Å². The number of aromatic nitrogens is 1. The molecule has 80 valence electrons. The molecule has 0 atom stereocenters. The second kappa shape index (κ2) is 5.54. The molecule has 2 N–H and O–H groups in total. The number of nitrogens with two attached hydrogens (primary N) is 1. The Kier molecular flexibility index (Phi) is 5.42. The minimum Gasteiger partial charge on any atom is -0.321 e. The molecule has 0 unspecified atom stereocenters. The van der Waals surface area contributed by atoms with Crippen molar-refractivity contribution in [2.24, 2.45) is 5.73 Å². The Balaban J connectivity index is 0.000000845. The molecule has 1 heterocycles. The third kappa shape index (κ3) is 2.59. The maximum absolute atomic E-state index is 6.25. The minimum atomic E-state index is -0.0526. The lowest BCUT2D eigenvalue weighted by Gasteiger charge is -2.23. The summed E-state index contributed by atoms with van der Waals surface area (Å²) in [5, 5.41) is 0. The zero-order valence-electron chi connectivity index (χ0n) is 7.98. The molecule has 0 spiro atoms. The van der Waals surface area contributed by atoms with Crippen LogP contribution in [0.3, 0.4) is 0 Å². The molecule has 0 radical (unpaired) electrons. The maximum Gasteiger partial charge on any atom is 0.0410 e. The molecule has 2 nitrogen and oxygen atoms in total. The number of rotatable bonds is 1. The highest BCUT2D eigenvalue weighted by atomic mass is 35.5. The molecule has 0 aliphatic heterocycles. The van der Waals surface area contributed by atoms with E-state index in [1.165, 1.54) is 18.4 Å². The molecule has 1 aromatic heterocycles. The fourth-order valence-electron chi connectivity index (χ4n) is 1.98. The fraction of sp³-hybridized carbons (Fsp3) is 0.500. The van der Waals surface area contributed by atoms with Gasteiger partial charge in [-0.25, -0.2) is 0 Å². The van der Waals surface area contributed by atoms with E-state index in [0.29, 0.717) is 0 Å². The van der Waals surface area contributed by atoms with Crippen molar-refractivity contribution in [3.8, 4) is 0 Å². The molecule has 1 aliphatic rings. The van der Waals surface area contributed by atoms with Gasteiger partial charge in [-0.3, -0.25) is 4.98 Å². The summed E-state index contributed by atoms with van der Waals surface area (Å²) in [6.07, 6.45) is 8.41. The second-order valence-electron chi connectivity index (χ2n) is 3.60. The molecular formula is C10H16Cl2N2. The van der Waals surface area contributed by atoms with Crippen molar-refractivity contribution in [1.29, 1.82) is 0 Å². The van der Waals surface area contributed by atoms with Gasteiger partial charge < -0.3 is 5.73 Å². The smallest absolute Gasteiger partial charge is 0.0410 e. The van der Waals surface area contributed by atoms with Crippen molar-refractivity contribution in [1.82, 2.24) is 4.98 Å². The van der Waals surface area contributed by atoms with E-state index in [2.05, 4.69) is 4.98 Å². The van der Waals surface area contributed by atoms with Gasteiger partial charge in [0.2, 0.25) is 0 Å². The number of nitrogens with zero attached hydrogens (tertiary/aromatic N) is 1. The van der Waals surface area contributed by atoms with Crippen LogP contribution in [0.5, 0.6) is 0 Å². The molecule has 1 saturated carbocycles. The number of hydrogen-bond donors (Lipinski definition) is 1. The number of pyridine rings is 1. The van der Waals surface area contributed by atoms with Crippen LogP contribution in [0.15, 0.2) is 24.5 Å². The number of halogens is 2. The summed E-state index contributed by atoms with van der Waals surface area (Å²) >= 11 is 0. The van der Waals surface area contributed by atoms with Crippen LogP contribution >= 0.6 is 24.8 Å². The summed E-state index contributed by atoms with van der Waals surface area (Å²) in [4.78, 5) is 3.99. The van der Waals surface area contributed by atoms with Crippen molar-refractivity contribution in [3.63, 3.8) is 0 Å². The zero-order valence-corrected chi connectivity index (χ0v) is 9.61. The molecule has 1 aliphatic carbocycles. The van der Waals surface area contributed by atoms with Crippen LogP contribution in [-0.2, 0) is 5.54 Å². The van der Waals surface area contributed by atoms with Gasteiger partial charge >= 0.3 is 0 Å². The first-order valence-electron chi connectivity index (χ1n) is 4.51. The summed E-state index contributed by atoms with van der Waals surface area (Å²) in [5.74, 6) is 0. The van der Waals surface area contributed by atoms with E-state index < -0.39 is 0 Å². The van der Waals surface area contributed by atoms with Gasteiger partial charge in [0.25, 0.3) is 0 Å². The average molecular weight is 235 g/mol. The molecule has 14 heavy (non-hydrogen) atoms. The standard InChI is InChI=1S/C10H14N2.2ClH/c11-10(5-1-2-6-10)9-3-7-12-8-4-9;;/h3-4,7-8H,1-2,5-6,11H2;2*1H. The molecule has 0 saturated heterocycles. The number of hydrogen-bond acceptors (Lipinski definition) is 2. The van der Waals surface area contributed by atoms with Crippen LogP contribution in [0.4, 0.5) is 0 Å². The maximum atomic E-state index is 6.25. The third-order valence-corrected chi connectivity index (χ3v) is 2.75. The highest BCUT2D eigenvalue weighted by Crippen LogP contribution is 2.35. The minimum absolute atomic E-state index is 0. The summed E-state index contributed by atoms with van der Waals surface area (Å²) in [6.45, 7) is 0. The van der Waals surface area contributed by atoms with Crippen molar-refractivity contribution in [2.45, 2.75) is 31.2 Å². The van der Waals surface area contributed by atoms with Crippen molar-refractivity contribution in [2.75, 3.05) is 0 Å². The Bertz CT molecular complexity index is 258. The van der Waals surface area contributed by atoms with Gasteiger partial charge in [-0.15, -0.1) is 24.8 Å². The molecular weight excluding hydrogens is 219 g/mol. The first-order chi connectivity index (χ1) is 5.81. The van der Waals surface area contributed by atoms with E-state index in [4.69, 9.17) is 5.73 Å². The molecule has 1 aromatic rings. The van der Waals surface area contributed by atoms with E-state index in [0.717, 1.165) is 12.8 Å². The Morgan fingerprint density at radius 1 is 1.07 bits per heavy atom. The first-order valence-corrected chi connectivity index (χ1v) is 4.51.